The van der Waals surface area contributed by atoms with E-state index in [0.717, 1.165) is 13.0 Å². The summed E-state index contributed by atoms with van der Waals surface area (Å²) in [5.74, 6) is -0.176. The lowest BCUT2D eigenvalue weighted by atomic mass is 9.86. The lowest BCUT2D eigenvalue weighted by Crippen LogP contribution is -2.43. The van der Waals surface area contributed by atoms with E-state index in [-0.39, 0.29) is 21.9 Å². The molecule has 0 aromatic heterocycles. The summed E-state index contributed by atoms with van der Waals surface area (Å²) >= 11 is 9.27. The van der Waals surface area contributed by atoms with E-state index in [4.69, 9.17) is 17.0 Å². The van der Waals surface area contributed by atoms with Gasteiger partial charge in [-0.2, -0.15) is 0 Å². The summed E-state index contributed by atoms with van der Waals surface area (Å²) in [4.78, 5) is 14.2. The van der Waals surface area contributed by atoms with Gasteiger partial charge >= 0.3 is 0 Å². The van der Waals surface area contributed by atoms with Gasteiger partial charge < -0.3 is 9.64 Å². The van der Waals surface area contributed by atoms with E-state index in [1.807, 2.05) is 23.1 Å². The molecular weight excluding hydrogens is 364 g/mol. The number of nitrogens with zero attached hydrogens (tertiary/aromatic N) is 1. The minimum Gasteiger partial charge on any atom is -0.360 e. The van der Waals surface area contributed by atoms with Gasteiger partial charge in [-0.3, -0.25) is 10.1 Å². The smallest absolute Gasteiger partial charge is 0.257 e. The second kappa shape index (κ2) is 4.88. The van der Waals surface area contributed by atoms with E-state index < -0.39 is 0 Å². The van der Waals surface area contributed by atoms with Gasteiger partial charge in [0.25, 0.3) is 5.91 Å². The maximum absolute atomic E-state index is 12.2. The van der Waals surface area contributed by atoms with Crippen LogP contribution in [0, 0.1) is 0 Å². The molecule has 1 aromatic carbocycles. The van der Waals surface area contributed by atoms with Crippen molar-refractivity contribution in [1.29, 1.82) is 0 Å². The zero-order chi connectivity index (χ0) is 15.4. The third-order valence-corrected chi connectivity index (χ3v) is 6.24. The van der Waals surface area contributed by atoms with Crippen LogP contribution in [0.2, 0.25) is 0 Å². The van der Waals surface area contributed by atoms with Gasteiger partial charge in [-0.05, 0) is 30.8 Å². The lowest BCUT2D eigenvalue weighted by molar-refractivity contribution is 0.0333. The Hall–Kier alpha value is -1.24. The Morgan fingerprint density at radius 3 is 2.82 bits per heavy atom. The fourth-order valence-electron chi connectivity index (χ4n) is 3.52. The highest BCUT2D eigenvalue weighted by Crippen LogP contribution is 2.55. The topological polar surface area (TPSA) is 41.6 Å². The molecule has 2 fully saturated rings. The van der Waals surface area contributed by atoms with E-state index in [2.05, 4.69) is 33.4 Å². The van der Waals surface area contributed by atoms with Crippen LogP contribution in [0.25, 0.3) is 0 Å². The summed E-state index contributed by atoms with van der Waals surface area (Å²) in [6.07, 6.45) is 5.40. The van der Waals surface area contributed by atoms with Gasteiger partial charge in [-0.25, -0.2) is 0 Å². The van der Waals surface area contributed by atoms with Crippen molar-refractivity contribution in [3.63, 3.8) is 0 Å². The molecule has 2 saturated heterocycles. The Bertz CT molecular complexity index is 680. The van der Waals surface area contributed by atoms with Crippen molar-refractivity contribution < 1.29 is 9.53 Å². The van der Waals surface area contributed by atoms with Crippen LogP contribution in [0.5, 0.6) is 0 Å². The number of thiocarbonyl (C=S) groups is 1. The van der Waals surface area contributed by atoms with Crippen molar-refractivity contribution in [3.8, 4) is 0 Å². The number of benzene rings is 1. The average Bonchev–Trinajstić information content (AvgIpc) is 3.11. The monoisotopic (exact) mass is 378 g/mol. The van der Waals surface area contributed by atoms with Crippen molar-refractivity contribution in [1.82, 2.24) is 10.2 Å². The first-order valence-corrected chi connectivity index (χ1v) is 8.43. The molecule has 4 rings (SSSR count). The minimum atomic E-state index is -0.320. The number of ether oxygens (including phenoxy) is 1. The molecule has 0 radical (unpaired) electrons. The Morgan fingerprint density at radius 1 is 1.36 bits per heavy atom. The number of fused-ring (bicyclic) bond motifs is 1. The van der Waals surface area contributed by atoms with Gasteiger partial charge in [0.15, 0.2) is 5.11 Å². The summed E-state index contributed by atoms with van der Waals surface area (Å²) in [5.41, 5.74) is 0.284. The van der Waals surface area contributed by atoms with Crippen LogP contribution in [0.4, 0.5) is 0 Å². The maximum atomic E-state index is 12.2. The third kappa shape index (κ3) is 2.05. The molecule has 114 valence electrons. The lowest BCUT2D eigenvalue weighted by Gasteiger charge is -2.28. The second-order valence-electron chi connectivity index (χ2n) is 6.06. The molecular formula is C16H15BrN2O2S. The van der Waals surface area contributed by atoms with Gasteiger partial charge in [0.05, 0.1) is 17.0 Å². The number of hydrogen-bond donors (Lipinski definition) is 1. The zero-order valence-electron chi connectivity index (χ0n) is 11.8. The molecule has 3 unspecified atom stereocenters. The molecule has 3 heterocycles. The molecule has 0 saturated carbocycles. The highest BCUT2D eigenvalue weighted by molar-refractivity contribution is 9.10. The summed E-state index contributed by atoms with van der Waals surface area (Å²) in [5, 5.41) is 3.27. The molecule has 4 nitrogen and oxygen atoms in total. The first-order valence-electron chi connectivity index (χ1n) is 7.23. The van der Waals surface area contributed by atoms with Crippen LogP contribution in [-0.4, -0.2) is 45.0 Å². The van der Waals surface area contributed by atoms with Crippen LogP contribution in [0.3, 0.4) is 0 Å². The number of hydrogen-bond acceptors (Lipinski definition) is 3. The first kappa shape index (κ1) is 14.4. The molecule has 6 heteroatoms. The molecule has 1 N–H and O–H groups in total. The highest BCUT2D eigenvalue weighted by atomic mass is 79.9. The Kier molecular flexibility index (Phi) is 3.18. The quantitative estimate of drug-likeness (QED) is 0.462. The van der Waals surface area contributed by atoms with E-state index in [0.29, 0.717) is 17.2 Å². The molecule has 1 amide bonds. The van der Waals surface area contributed by atoms with Crippen LogP contribution in [-0.2, 0) is 4.74 Å². The first-order chi connectivity index (χ1) is 10.5. The second-order valence-corrected chi connectivity index (χ2v) is 7.96. The number of alkyl halides is 1. The van der Waals surface area contributed by atoms with Crippen molar-refractivity contribution >= 4 is 39.2 Å². The number of likely N-dealkylation sites (tertiary alicyclic amines) is 1. The fourth-order valence-corrected chi connectivity index (χ4v) is 4.72. The number of carbonyl (C=O) groups is 1. The average molecular weight is 379 g/mol. The van der Waals surface area contributed by atoms with Gasteiger partial charge in [-0.1, -0.05) is 46.3 Å². The molecule has 3 aliphatic rings. The molecule has 3 atom stereocenters. The SMILES string of the molecule is O=C(NC(=S)N1CC2(Br)CC3C=CC2(C1)O3)c1ccccc1. The van der Waals surface area contributed by atoms with Crippen LogP contribution in [0.15, 0.2) is 42.5 Å². The number of rotatable bonds is 1. The fraction of sp³-hybridized carbons (Fsp3) is 0.375. The van der Waals surface area contributed by atoms with Crippen molar-refractivity contribution in [2.24, 2.45) is 0 Å². The number of nitrogens with one attached hydrogen (secondary N) is 1. The Balaban J connectivity index is 1.47. The number of carbonyl (C=O) groups excluding carboxylic acids is 1. The highest BCUT2D eigenvalue weighted by Gasteiger charge is 2.64. The van der Waals surface area contributed by atoms with E-state index in [9.17, 15) is 4.79 Å². The van der Waals surface area contributed by atoms with Gasteiger partial charge in [0, 0.05) is 12.1 Å². The predicted molar refractivity (Wildman–Crippen MR) is 91.1 cm³/mol. The van der Waals surface area contributed by atoms with Gasteiger partial charge in [0.2, 0.25) is 0 Å². The summed E-state index contributed by atoms with van der Waals surface area (Å²) in [6.45, 7) is 1.40. The molecule has 1 spiro atoms. The van der Waals surface area contributed by atoms with Gasteiger partial charge in [-0.15, -0.1) is 0 Å². The summed E-state index contributed by atoms with van der Waals surface area (Å²) in [6, 6.07) is 9.10. The van der Waals surface area contributed by atoms with Crippen molar-refractivity contribution in [2.45, 2.75) is 22.5 Å². The van der Waals surface area contributed by atoms with Gasteiger partial charge in [0.1, 0.15) is 5.60 Å². The molecule has 3 aliphatic heterocycles. The Morgan fingerprint density at radius 2 is 2.14 bits per heavy atom. The van der Waals surface area contributed by atoms with Crippen molar-refractivity contribution in [3.05, 3.63) is 48.0 Å². The number of halogens is 1. The Labute approximate surface area is 142 Å². The summed E-state index contributed by atoms with van der Waals surface area (Å²) < 4.78 is 5.97. The minimum absolute atomic E-state index is 0.110. The standard InChI is InChI=1S/C16H15BrN2O2S/c17-15-8-12-6-7-16(15,21-12)10-19(9-15)14(22)18-13(20)11-4-2-1-3-5-11/h1-7,12H,8-10H2,(H,18,20,22). The molecule has 0 aliphatic carbocycles. The van der Waals surface area contributed by atoms with E-state index >= 15 is 0 Å². The van der Waals surface area contributed by atoms with E-state index in [1.165, 1.54) is 0 Å². The third-order valence-electron chi connectivity index (χ3n) is 4.64. The normalized spacial score (nSPS) is 34.8. The summed E-state index contributed by atoms with van der Waals surface area (Å²) in [7, 11) is 0. The zero-order valence-corrected chi connectivity index (χ0v) is 14.2. The molecule has 2 bridgehead atoms. The predicted octanol–water partition coefficient (Wildman–Crippen LogP) is 2.25. The largest absolute Gasteiger partial charge is 0.360 e. The van der Waals surface area contributed by atoms with E-state index in [1.54, 1.807) is 12.1 Å². The maximum Gasteiger partial charge on any atom is 0.257 e. The molecule has 1 aromatic rings. The molecule has 22 heavy (non-hydrogen) atoms. The number of amides is 1. The van der Waals surface area contributed by atoms with Crippen LogP contribution >= 0.6 is 28.1 Å². The van der Waals surface area contributed by atoms with Crippen molar-refractivity contribution in [2.75, 3.05) is 13.1 Å². The van der Waals surface area contributed by atoms with Crippen LogP contribution in [0.1, 0.15) is 16.8 Å². The van der Waals surface area contributed by atoms with Crippen LogP contribution < -0.4 is 5.32 Å².